The summed E-state index contributed by atoms with van der Waals surface area (Å²) in [4.78, 5) is 16.7. The summed E-state index contributed by atoms with van der Waals surface area (Å²) >= 11 is 0. The van der Waals surface area contributed by atoms with Gasteiger partial charge in [-0.25, -0.2) is 4.98 Å². The van der Waals surface area contributed by atoms with Crippen molar-refractivity contribution in [2.45, 2.75) is 31.5 Å². The summed E-state index contributed by atoms with van der Waals surface area (Å²) < 4.78 is 7.60. The van der Waals surface area contributed by atoms with E-state index in [1.165, 1.54) is 5.56 Å². The molecule has 1 saturated heterocycles. The van der Waals surface area contributed by atoms with Crippen LogP contribution in [0.15, 0.2) is 43.0 Å². The zero-order valence-electron chi connectivity index (χ0n) is 14.8. The van der Waals surface area contributed by atoms with Crippen LogP contribution in [-0.2, 0) is 22.6 Å². The Morgan fingerprint density at radius 2 is 1.96 bits per heavy atom. The normalized spacial score (nSPS) is 15.4. The molecular formula is C18H26Cl2N4O2. The Morgan fingerprint density at radius 1 is 1.27 bits per heavy atom. The molecule has 2 heterocycles. The van der Waals surface area contributed by atoms with E-state index in [1.54, 1.807) is 19.6 Å². The van der Waals surface area contributed by atoms with E-state index in [2.05, 4.69) is 27.8 Å². The number of carbonyl (C=O) groups is 1. The summed E-state index contributed by atoms with van der Waals surface area (Å²) in [5.41, 5.74) is 1.58. The summed E-state index contributed by atoms with van der Waals surface area (Å²) in [6.07, 6.45) is 6.90. The van der Waals surface area contributed by atoms with Gasteiger partial charge in [0.1, 0.15) is 5.60 Å². The Morgan fingerprint density at radius 3 is 2.58 bits per heavy atom. The highest BCUT2D eigenvalue weighted by Crippen LogP contribution is 2.23. The minimum absolute atomic E-state index is 0. The SMILES string of the molecule is COC1(C(=O)NCc2ccccc2Cn2ccnc2)CCNCC1.Cl.Cl. The first-order valence-electron chi connectivity index (χ1n) is 8.30. The standard InChI is InChI=1S/C18H24N4O2.2ClH/c1-24-18(6-8-19-9-7-18)17(23)21-12-15-4-2-3-5-16(15)13-22-11-10-20-14-22;;/h2-5,10-11,14,19H,6-9,12-13H2,1H3,(H,21,23);2*1H. The van der Waals surface area contributed by atoms with Gasteiger partial charge in [-0.3, -0.25) is 4.79 Å². The quantitative estimate of drug-likeness (QED) is 0.779. The van der Waals surface area contributed by atoms with Crippen molar-refractivity contribution in [1.29, 1.82) is 0 Å². The number of ether oxygens (including phenoxy) is 1. The lowest BCUT2D eigenvalue weighted by molar-refractivity contribution is -0.146. The largest absolute Gasteiger partial charge is 0.368 e. The Bertz CT molecular complexity index is 674. The number of amides is 1. The predicted molar refractivity (Wildman–Crippen MR) is 106 cm³/mol. The van der Waals surface area contributed by atoms with Crippen molar-refractivity contribution in [1.82, 2.24) is 20.2 Å². The fourth-order valence-electron chi connectivity index (χ4n) is 3.15. The molecule has 0 atom stereocenters. The zero-order valence-corrected chi connectivity index (χ0v) is 16.4. The predicted octanol–water partition coefficient (Wildman–Crippen LogP) is 2.16. The molecule has 2 N–H and O–H groups in total. The third kappa shape index (κ3) is 5.20. The molecule has 0 unspecified atom stereocenters. The van der Waals surface area contributed by atoms with Gasteiger partial charge in [0.25, 0.3) is 5.91 Å². The van der Waals surface area contributed by atoms with Crippen LogP contribution < -0.4 is 10.6 Å². The summed E-state index contributed by atoms with van der Waals surface area (Å²) in [6, 6.07) is 8.14. The number of rotatable bonds is 6. The van der Waals surface area contributed by atoms with Crippen molar-refractivity contribution >= 4 is 30.7 Å². The Balaban J connectivity index is 0.00000169. The Labute approximate surface area is 166 Å². The first-order valence-corrected chi connectivity index (χ1v) is 8.30. The molecule has 26 heavy (non-hydrogen) atoms. The van der Waals surface area contributed by atoms with Gasteiger partial charge in [-0.2, -0.15) is 0 Å². The van der Waals surface area contributed by atoms with Crippen LogP contribution in [0, 0.1) is 0 Å². The Kier molecular flexibility index (Phi) is 9.08. The van der Waals surface area contributed by atoms with E-state index in [0.717, 1.165) is 25.2 Å². The molecule has 144 valence electrons. The maximum Gasteiger partial charge on any atom is 0.252 e. The van der Waals surface area contributed by atoms with E-state index in [-0.39, 0.29) is 30.7 Å². The van der Waals surface area contributed by atoms with Crippen molar-refractivity contribution in [2.75, 3.05) is 20.2 Å². The molecule has 3 rings (SSSR count). The van der Waals surface area contributed by atoms with E-state index >= 15 is 0 Å². The van der Waals surface area contributed by atoms with E-state index in [1.807, 2.05) is 22.9 Å². The van der Waals surface area contributed by atoms with Gasteiger partial charge in [-0.15, -0.1) is 24.8 Å². The fraction of sp³-hybridized carbons (Fsp3) is 0.444. The van der Waals surface area contributed by atoms with Crippen molar-refractivity contribution in [2.24, 2.45) is 0 Å². The second-order valence-electron chi connectivity index (χ2n) is 6.13. The minimum atomic E-state index is -0.704. The van der Waals surface area contributed by atoms with Crippen molar-refractivity contribution in [3.8, 4) is 0 Å². The molecule has 6 nitrogen and oxygen atoms in total. The van der Waals surface area contributed by atoms with Gasteiger partial charge < -0.3 is 19.9 Å². The molecule has 0 spiro atoms. The van der Waals surface area contributed by atoms with Crippen LogP contribution in [0.5, 0.6) is 0 Å². The van der Waals surface area contributed by atoms with Crippen LogP contribution in [0.4, 0.5) is 0 Å². The molecule has 1 aromatic heterocycles. The van der Waals surface area contributed by atoms with Crippen LogP contribution >= 0.6 is 24.8 Å². The topological polar surface area (TPSA) is 68.2 Å². The molecule has 1 fully saturated rings. The molecule has 1 aliphatic heterocycles. The van der Waals surface area contributed by atoms with Crippen LogP contribution in [0.2, 0.25) is 0 Å². The maximum atomic E-state index is 12.7. The number of aromatic nitrogens is 2. The maximum absolute atomic E-state index is 12.7. The van der Waals surface area contributed by atoms with Crippen LogP contribution in [-0.4, -0.2) is 41.3 Å². The zero-order chi connectivity index (χ0) is 16.8. The van der Waals surface area contributed by atoms with Crippen molar-refractivity contribution in [3.05, 3.63) is 54.1 Å². The first-order chi connectivity index (χ1) is 11.7. The molecule has 0 aliphatic carbocycles. The number of nitrogens with one attached hydrogen (secondary N) is 2. The van der Waals surface area contributed by atoms with Gasteiger partial charge in [0.05, 0.1) is 6.33 Å². The monoisotopic (exact) mass is 400 g/mol. The van der Waals surface area contributed by atoms with Gasteiger partial charge in [0.2, 0.25) is 0 Å². The lowest BCUT2D eigenvalue weighted by Crippen LogP contribution is -2.54. The van der Waals surface area contributed by atoms with Gasteiger partial charge in [-0.05, 0) is 37.1 Å². The average molecular weight is 401 g/mol. The summed E-state index contributed by atoms with van der Waals surface area (Å²) in [5, 5.41) is 6.33. The molecular weight excluding hydrogens is 375 g/mol. The number of hydrogen-bond acceptors (Lipinski definition) is 4. The molecule has 1 amide bonds. The summed E-state index contributed by atoms with van der Waals surface area (Å²) in [7, 11) is 1.62. The number of imidazole rings is 1. The molecule has 8 heteroatoms. The van der Waals surface area contributed by atoms with Crippen LogP contribution in [0.1, 0.15) is 24.0 Å². The Hall–Kier alpha value is -1.60. The minimum Gasteiger partial charge on any atom is -0.368 e. The molecule has 0 saturated carbocycles. The molecule has 1 aliphatic rings. The molecule has 1 aromatic carbocycles. The summed E-state index contributed by atoms with van der Waals surface area (Å²) in [5.74, 6) is -0.0241. The number of carbonyl (C=O) groups excluding carboxylic acids is 1. The lowest BCUT2D eigenvalue weighted by atomic mass is 9.91. The number of benzene rings is 1. The second-order valence-corrected chi connectivity index (χ2v) is 6.13. The fourth-order valence-corrected chi connectivity index (χ4v) is 3.15. The average Bonchev–Trinajstić information content (AvgIpc) is 3.14. The van der Waals surface area contributed by atoms with Gasteiger partial charge in [-0.1, -0.05) is 24.3 Å². The van der Waals surface area contributed by atoms with E-state index in [9.17, 15) is 4.79 Å². The second kappa shape index (κ2) is 10.5. The lowest BCUT2D eigenvalue weighted by Gasteiger charge is -2.34. The smallest absolute Gasteiger partial charge is 0.252 e. The molecule has 2 aromatic rings. The first kappa shape index (κ1) is 22.4. The van der Waals surface area contributed by atoms with Gasteiger partial charge in [0.15, 0.2) is 0 Å². The van der Waals surface area contributed by atoms with E-state index < -0.39 is 5.60 Å². The van der Waals surface area contributed by atoms with Gasteiger partial charge >= 0.3 is 0 Å². The highest BCUT2D eigenvalue weighted by Gasteiger charge is 2.39. The highest BCUT2D eigenvalue weighted by atomic mass is 35.5. The number of methoxy groups -OCH3 is 1. The summed E-state index contributed by atoms with van der Waals surface area (Å²) in [6.45, 7) is 2.85. The number of hydrogen-bond donors (Lipinski definition) is 2. The third-order valence-electron chi connectivity index (χ3n) is 4.69. The highest BCUT2D eigenvalue weighted by molar-refractivity contribution is 5.86. The number of halogens is 2. The third-order valence-corrected chi connectivity index (χ3v) is 4.69. The molecule has 0 bridgehead atoms. The van der Waals surface area contributed by atoms with E-state index in [0.29, 0.717) is 19.4 Å². The number of nitrogens with zero attached hydrogens (tertiary/aromatic N) is 2. The van der Waals surface area contributed by atoms with Crippen LogP contribution in [0.3, 0.4) is 0 Å². The van der Waals surface area contributed by atoms with Crippen molar-refractivity contribution < 1.29 is 9.53 Å². The molecule has 0 radical (unpaired) electrons. The van der Waals surface area contributed by atoms with Gasteiger partial charge in [0, 0.05) is 32.6 Å². The van der Waals surface area contributed by atoms with E-state index in [4.69, 9.17) is 4.74 Å². The number of piperidine rings is 1. The van der Waals surface area contributed by atoms with Crippen molar-refractivity contribution in [3.63, 3.8) is 0 Å². The van der Waals surface area contributed by atoms with Crippen LogP contribution in [0.25, 0.3) is 0 Å².